The zero-order chi connectivity index (χ0) is 21.2. The molecule has 1 N–H and O–H groups in total. The van der Waals surface area contributed by atoms with Gasteiger partial charge in [0.05, 0.1) is 17.1 Å². The van der Waals surface area contributed by atoms with Crippen LogP contribution < -0.4 is 4.74 Å². The lowest BCUT2D eigenvalue weighted by atomic mass is 10.1. The van der Waals surface area contributed by atoms with Crippen molar-refractivity contribution in [3.05, 3.63) is 53.9 Å². The fourth-order valence-corrected chi connectivity index (χ4v) is 5.05. The third kappa shape index (κ3) is 4.58. The highest BCUT2D eigenvalue weighted by Crippen LogP contribution is 2.27. The minimum atomic E-state index is -4.01. The van der Waals surface area contributed by atoms with E-state index in [9.17, 15) is 18.3 Å². The predicted molar refractivity (Wildman–Crippen MR) is 105 cm³/mol. The van der Waals surface area contributed by atoms with E-state index in [1.54, 1.807) is 32.2 Å². The topological polar surface area (TPSA) is 106 Å². The second-order valence-corrected chi connectivity index (χ2v) is 8.91. The first-order valence-corrected chi connectivity index (χ1v) is 10.7. The number of ether oxygens (including phenoxy) is 2. The van der Waals surface area contributed by atoms with E-state index in [1.165, 1.54) is 12.1 Å². The number of carboxylic acids is 1. The average molecular weight is 420 g/mol. The fourth-order valence-electron chi connectivity index (χ4n) is 3.33. The predicted octanol–water partition coefficient (Wildman–Crippen LogP) is 2.22. The van der Waals surface area contributed by atoms with Crippen LogP contribution in [0.1, 0.15) is 25.1 Å². The van der Waals surface area contributed by atoms with Gasteiger partial charge < -0.3 is 14.6 Å². The molecule has 1 aromatic heterocycles. The van der Waals surface area contributed by atoms with Crippen LogP contribution >= 0.6 is 0 Å². The van der Waals surface area contributed by atoms with E-state index in [0.717, 1.165) is 15.6 Å². The third-order valence-corrected chi connectivity index (χ3v) is 6.69. The summed E-state index contributed by atoms with van der Waals surface area (Å²) in [5.41, 5.74) is 1.80. The van der Waals surface area contributed by atoms with Crippen LogP contribution in [0, 0.1) is 6.92 Å². The van der Waals surface area contributed by atoms with Crippen molar-refractivity contribution in [3.63, 3.8) is 0 Å². The molecule has 156 valence electrons. The number of aryl methyl sites for hydroxylation is 1. The number of carboxylic acid groups (broad SMARTS) is 1. The van der Waals surface area contributed by atoms with Crippen LogP contribution in [0.3, 0.4) is 0 Å². The summed E-state index contributed by atoms with van der Waals surface area (Å²) in [5, 5.41) is 9.51. The summed E-state index contributed by atoms with van der Waals surface area (Å²) >= 11 is 0. The summed E-state index contributed by atoms with van der Waals surface area (Å²) in [6, 6.07) is 8.41. The lowest BCUT2D eigenvalue weighted by Crippen LogP contribution is -2.58. The SMILES string of the molecule is Cc1ncccc1COc1ccc(S(=O)(=O)N2CC(C)OC(C)C2C(=O)O)cc1. The Labute approximate surface area is 170 Å². The van der Waals surface area contributed by atoms with E-state index < -0.39 is 34.2 Å². The third-order valence-electron chi connectivity index (χ3n) is 4.83. The molecule has 29 heavy (non-hydrogen) atoms. The van der Waals surface area contributed by atoms with Crippen LogP contribution in [0.15, 0.2) is 47.5 Å². The Balaban J connectivity index is 1.78. The van der Waals surface area contributed by atoms with Crippen molar-refractivity contribution < 1.29 is 27.8 Å². The molecule has 1 saturated heterocycles. The van der Waals surface area contributed by atoms with Gasteiger partial charge >= 0.3 is 5.97 Å². The first-order chi connectivity index (χ1) is 13.7. The average Bonchev–Trinajstić information content (AvgIpc) is 2.66. The molecule has 1 aliphatic heterocycles. The van der Waals surface area contributed by atoms with E-state index in [1.807, 2.05) is 19.1 Å². The zero-order valence-electron chi connectivity index (χ0n) is 16.5. The van der Waals surface area contributed by atoms with Gasteiger partial charge in [-0.15, -0.1) is 0 Å². The van der Waals surface area contributed by atoms with Crippen molar-refractivity contribution in [2.45, 2.75) is 50.5 Å². The largest absolute Gasteiger partial charge is 0.489 e. The molecule has 1 fully saturated rings. The van der Waals surface area contributed by atoms with Crippen molar-refractivity contribution in [1.82, 2.24) is 9.29 Å². The van der Waals surface area contributed by atoms with Gasteiger partial charge in [0, 0.05) is 24.0 Å². The van der Waals surface area contributed by atoms with Crippen LogP contribution in [0.4, 0.5) is 0 Å². The van der Waals surface area contributed by atoms with Crippen molar-refractivity contribution in [1.29, 1.82) is 0 Å². The molecule has 0 spiro atoms. The molecule has 2 heterocycles. The molecule has 9 heteroatoms. The van der Waals surface area contributed by atoms with E-state index in [-0.39, 0.29) is 11.4 Å². The number of aliphatic carboxylic acids is 1. The molecule has 3 rings (SSSR count). The number of carbonyl (C=O) groups is 1. The first-order valence-electron chi connectivity index (χ1n) is 9.23. The summed E-state index contributed by atoms with van der Waals surface area (Å²) in [5.74, 6) is -0.731. The summed E-state index contributed by atoms with van der Waals surface area (Å²) in [6.07, 6.45) is 0.549. The normalized spacial score (nSPS) is 22.9. The number of pyridine rings is 1. The van der Waals surface area contributed by atoms with Crippen molar-refractivity contribution in [2.24, 2.45) is 0 Å². The number of hydrogen-bond donors (Lipinski definition) is 1. The molecule has 0 saturated carbocycles. The van der Waals surface area contributed by atoms with Gasteiger partial charge in [-0.1, -0.05) is 6.07 Å². The Hall–Kier alpha value is -2.49. The minimum absolute atomic E-state index is 0.00922. The lowest BCUT2D eigenvalue weighted by Gasteiger charge is -2.39. The maximum atomic E-state index is 13.1. The second kappa shape index (κ2) is 8.48. The number of benzene rings is 1. The Bertz CT molecular complexity index is 977. The highest BCUT2D eigenvalue weighted by Gasteiger charge is 2.44. The monoisotopic (exact) mass is 420 g/mol. The summed E-state index contributed by atoms with van der Waals surface area (Å²) < 4.78 is 38.4. The summed E-state index contributed by atoms with van der Waals surface area (Å²) in [7, 11) is -4.01. The van der Waals surface area contributed by atoms with Gasteiger partial charge in [-0.05, 0) is 51.1 Å². The molecule has 1 aromatic carbocycles. The van der Waals surface area contributed by atoms with Crippen LogP contribution in [-0.4, -0.2) is 53.6 Å². The van der Waals surface area contributed by atoms with Crippen molar-refractivity contribution in [2.75, 3.05) is 6.54 Å². The van der Waals surface area contributed by atoms with E-state index >= 15 is 0 Å². The van der Waals surface area contributed by atoms with Crippen LogP contribution in [0.5, 0.6) is 5.75 Å². The molecule has 0 radical (unpaired) electrons. The number of morpholine rings is 1. The van der Waals surface area contributed by atoms with E-state index in [4.69, 9.17) is 9.47 Å². The van der Waals surface area contributed by atoms with E-state index in [2.05, 4.69) is 4.98 Å². The van der Waals surface area contributed by atoms with Gasteiger partial charge in [0.1, 0.15) is 18.4 Å². The molecule has 0 aliphatic carbocycles. The minimum Gasteiger partial charge on any atom is -0.489 e. The lowest BCUT2D eigenvalue weighted by molar-refractivity contribution is -0.155. The number of hydrogen-bond acceptors (Lipinski definition) is 6. The number of sulfonamides is 1. The number of rotatable bonds is 6. The second-order valence-electron chi connectivity index (χ2n) is 7.02. The van der Waals surface area contributed by atoms with Crippen molar-refractivity contribution in [3.8, 4) is 5.75 Å². The smallest absolute Gasteiger partial charge is 0.324 e. The van der Waals surface area contributed by atoms with Gasteiger partial charge in [-0.25, -0.2) is 8.42 Å². The molecule has 3 unspecified atom stereocenters. The fraction of sp³-hybridized carbons (Fsp3) is 0.400. The zero-order valence-corrected chi connectivity index (χ0v) is 17.3. The van der Waals surface area contributed by atoms with Crippen LogP contribution in [0.2, 0.25) is 0 Å². The molecule has 2 aromatic rings. The highest BCUT2D eigenvalue weighted by atomic mass is 32.2. The molecule has 1 aliphatic rings. The molecule has 0 amide bonds. The van der Waals surface area contributed by atoms with Crippen molar-refractivity contribution >= 4 is 16.0 Å². The Kier molecular flexibility index (Phi) is 6.21. The highest BCUT2D eigenvalue weighted by molar-refractivity contribution is 7.89. The summed E-state index contributed by atoms with van der Waals surface area (Å²) in [4.78, 5) is 15.9. The van der Waals surface area contributed by atoms with E-state index in [0.29, 0.717) is 12.4 Å². The first kappa shape index (κ1) is 21.2. The molecular weight excluding hydrogens is 396 g/mol. The maximum absolute atomic E-state index is 13.1. The van der Waals surface area contributed by atoms with Gasteiger partial charge in [0.15, 0.2) is 0 Å². The molecule has 8 nitrogen and oxygen atoms in total. The number of nitrogens with zero attached hydrogens (tertiary/aromatic N) is 2. The van der Waals surface area contributed by atoms with Gasteiger partial charge in [0.25, 0.3) is 0 Å². The molecular formula is C20H24N2O6S. The summed E-state index contributed by atoms with van der Waals surface area (Å²) in [6.45, 7) is 5.45. The Morgan fingerprint density at radius 3 is 2.59 bits per heavy atom. The quantitative estimate of drug-likeness (QED) is 0.764. The standard InChI is InChI=1S/C20H24N2O6S/c1-13-11-22(19(20(23)24)15(3)28-13)29(25,26)18-8-6-17(7-9-18)27-12-16-5-4-10-21-14(16)2/h4-10,13,15,19H,11-12H2,1-3H3,(H,23,24). The number of aromatic nitrogens is 1. The Morgan fingerprint density at radius 1 is 1.28 bits per heavy atom. The maximum Gasteiger partial charge on any atom is 0.324 e. The molecule has 0 bridgehead atoms. The van der Waals surface area contributed by atoms with Gasteiger partial charge in [-0.2, -0.15) is 4.31 Å². The Morgan fingerprint density at radius 2 is 1.97 bits per heavy atom. The van der Waals surface area contributed by atoms with Crippen LogP contribution in [0.25, 0.3) is 0 Å². The van der Waals surface area contributed by atoms with Gasteiger partial charge in [-0.3, -0.25) is 9.78 Å². The van der Waals surface area contributed by atoms with Crippen LogP contribution in [-0.2, 0) is 26.2 Å². The molecule has 3 atom stereocenters. The van der Waals surface area contributed by atoms with Gasteiger partial charge in [0.2, 0.25) is 10.0 Å².